The average Bonchev–Trinajstić information content (AvgIpc) is 2.65. The summed E-state index contributed by atoms with van der Waals surface area (Å²) in [5, 5.41) is 30.7. The molecule has 0 aliphatic heterocycles. The molecule has 0 aromatic heterocycles. The van der Waals surface area contributed by atoms with Crippen LogP contribution in [0.25, 0.3) is 0 Å². The van der Waals surface area contributed by atoms with Crippen LogP contribution in [0.5, 0.6) is 0 Å². The van der Waals surface area contributed by atoms with Gasteiger partial charge >= 0.3 is 5.97 Å². The largest absolute Gasteiger partial charge is 0.550 e. The van der Waals surface area contributed by atoms with E-state index >= 15 is 0 Å². The van der Waals surface area contributed by atoms with Crippen LogP contribution >= 0.6 is 0 Å². The molecule has 6 heteroatoms. The van der Waals surface area contributed by atoms with Gasteiger partial charge in [-0.05, 0) is 55.4 Å². The van der Waals surface area contributed by atoms with E-state index in [0.29, 0.717) is 18.8 Å². The quantitative estimate of drug-likeness (QED) is 0.525. The van der Waals surface area contributed by atoms with Crippen LogP contribution in [0.15, 0.2) is 23.8 Å². The van der Waals surface area contributed by atoms with Crippen LogP contribution < -0.4 is 5.11 Å². The van der Waals surface area contributed by atoms with Gasteiger partial charge in [-0.25, -0.2) is 0 Å². The summed E-state index contributed by atoms with van der Waals surface area (Å²) in [5.41, 5.74) is 1.20. The molecule has 2 rings (SSSR count). The van der Waals surface area contributed by atoms with Crippen molar-refractivity contribution in [3.8, 4) is 0 Å². The summed E-state index contributed by atoms with van der Waals surface area (Å²) in [5.74, 6) is -0.705. The van der Waals surface area contributed by atoms with Gasteiger partial charge in [0.1, 0.15) is 6.10 Å². The molecule has 0 aromatic rings. The minimum absolute atomic E-state index is 0.0156. The third-order valence-corrected chi connectivity index (χ3v) is 6.66. The van der Waals surface area contributed by atoms with E-state index in [1.807, 2.05) is 13.8 Å². The molecule has 0 amide bonds. The summed E-state index contributed by atoms with van der Waals surface area (Å²) in [6, 6.07) is 0. The Hall–Kier alpha value is -1.66. The molecule has 0 aromatic carbocycles. The van der Waals surface area contributed by atoms with E-state index in [1.165, 1.54) is 5.57 Å². The normalized spacial score (nSPS) is 31.3. The highest BCUT2D eigenvalue weighted by Gasteiger charge is 2.41. The molecule has 2 N–H and O–H groups in total. The van der Waals surface area contributed by atoms with Gasteiger partial charge in [-0.15, -0.1) is 0 Å². The molecule has 0 fully saturated rings. The highest BCUT2D eigenvalue weighted by molar-refractivity contribution is 5.72. The molecule has 2 aliphatic carbocycles. The molecule has 0 bridgehead atoms. The molecule has 8 atom stereocenters. The SMILES string of the molecule is CC[C@H](C)C(=O)O[C@@H]1C[C@@H](C)C=C2C=C[C@H](C)[C@H](CC[C@@H](O)C[C@H](O)CC(=O)[O-])C21. The Kier molecular flexibility index (Phi) is 9.10. The fourth-order valence-corrected chi connectivity index (χ4v) is 4.75. The smallest absolute Gasteiger partial charge is 0.308 e. The van der Waals surface area contributed by atoms with Gasteiger partial charge < -0.3 is 24.9 Å². The van der Waals surface area contributed by atoms with Gasteiger partial charge in [0, 0.05) is 18.3 Å². The average molecular weight is 422 g/mol. The number of allylic oxidation sites excluding steroid dienone is 3. The first-order chi connectivity index (χ1) is 14.1. The summed E-state index contributed by atoms with van der Waals surface area (Å²) in [6.07, 6.45) is 6.75. The number of ether oxygens (including phenoxy) is 1. The minimum atomic E-state index is -1.32. The van der Waals surface area contributed by atoms with Crippen LogP contribution in [-0.4, -0.2) is 40.5 Å². The van der Waals surface area contributed by atoms with Crippen LogP contribution in [0, 0.1) is 29.6 Å². The Morgan fingerprint density at radius 2 is 1.97 bits per heavy atom. The summed E-state index contributed by atoms with van der Waals surface area (Å²) in [6.45, 7) is 8.14. The van der Waals surface area contributed by atoms with E-state index < -0.39 is 24.6 Å². The van der Waals surface area contributed by atoms with Crippen LogP contribution in [0.3, 0.4) is 0 Å². The fraction of sp³-hybridized carbons (Fsp3) is 0.750. The third-order valence-electron chi connectivity index (χ3n) is 6.66. The van der Waals surface area contributed by atoms with Crippen molar-refractivity contribution in [2.75, 3.05) is 0 Å². The van der Waals surface area contributed by atoms with Crippen LogP contribution in [-0.2, 0) is 14.3 Å². The second-order valence-corrected chi connectivity index (χ2v) is 9.27. The first kappa shape index (κ1) is 24.6. The van der Waals surface area contributed by atoms with Crippen molar-refractivity contribution in [3.63, 3.8) is 0 Å². The molecule has 0 spiro atoms. The number of aliphatic hydroxyl groups excluding tert-OH is 2. The maximum absolute atomic E-state index is 12.5. The molecule has 0 radical (unpaired) electrons. The van der Waals surface area contributed by atoms with E-state index in [0.717, 1.165) is 12.8 Å². The minimum Gasteiger partial charge on any atom is -0.550 e. The Balaban J connectivity index is 2.09. The lowest BCUT2D eigenvalue weighted by Gasteiger charge is -2.43. The van der Waals surface area contributed by atoms with E-state index in [1.54, 1.807) is 0 Å². The van der Waals surface area contributed by atoms with Crippen molar-refractivity contribution in [2.45, 2.75) is 84.5 Å². The highest BCUT2D eigenvalue weighted by atomic mass is 16.5. The molecule has 0 saturated carbocycles. The number of fused-ring (bicyclic) bond motifs is 1. The second-order valence-electron chi connectivity index (χ2n) is 9.27. The molecular formula is C24H37O6-. The van der Waals surface area contributed by atoms with Crippen molar-refractivity contribution in [1.29, 1.82) is 0 Å². The van der Waals surface area contributed by atoms with Gasteiger partial charge in [0.15, 0.2) is 0 Å². The Morgan fingerprint density at radius 3 is 2.60 bits per heavy atom. The summed E-state index contributed by atoms with van der Waals surface area (Å²) < 4.78 is 5.99. The molecular weight excluding hydrogens is 384 g/mol. The first-order valence-corrected chi connectivity index (χ1v) is 11.3. The lowest BCUT2D eigenvalue weighted by atomic mass is 9.65. The van der Waals surface area contributed by atoms with Crippen molar-refractivity contribution in [1.82, 2.24) is 0 Å². The van der Waals surface area contributed by atoms with Gasteiger partial charge in [0.05, 0.1) is 18.1 Å². The number of carbonyl (C=O) groups excluding carboxylic acids is 2. The van der Waals surface area contributed by atoms with E-state index in [-0.39, 0.29) is 42.2 Å². The van der Waals surface area contributed by atoms with Crippen molar-refractivity contribution in [3.05, 3.63) is 23.8 Å². The molecule has 6 nitrogen and oxygen atoms in total. The summed E-state index contributed by atoms with van der Waals surface area (Å²) >= 11 is 0. The topological polar surface area (TPSA) is 107 Å². The lowest BCUT2D eigenvalue weighted by molar-refractivity contribution is -0.307. The van der Waals surface area contributed by atoms with Gasteiger partial charge in [-0.3, -0.25) is 4.79 Å². The number of carbonyl (C=O) groups is 2. The number of hydrogen-bond acceptors (Lipinski definition) is 6. The van der Waals surface area contributed by atoms with Gasteiger partial charge in [-0.1, -0.05) is 45.9 Å². The summed E-state index contributed by atoms with van der Waals surface area (Å²) in [4.78, 5) is 23.1. The first-order valence-electron chi connectivity index (χ1n) is 11.3. The number of esters is 1. The fourth-order valence-electron chi connectivity index (χ4n) is 4.75. The number of rotatable bonds is 10. The molecule has 2 aliphatic rings. The predicted octanol–water partition coefficient (Wildman–Crippen LogP) is 2.38. The predicted molar refractivity (Wildman–Crippen MR) is 112 cm³/mol. The number of aliphatic carboxylic acids is 1. The summed E-state index contributed by atoms with van der Waals surface area (Å²) in [7, 11) is 0. The zero-order valence-electron chi connectivity index (χ0n) is 18.6. The standard InChI is InChI=1S/C24H38O6/c1-5-15(3)24(29)30-21-11-14(2)10-17-7-6-16(4)20(23(17)21)9-8-18(25)12-19(26)13-22(27)28/h6-7,10,14-16,18-21,23,25-26H,5,8-9,11-13H2,1-4H3,(H,27,28)/p-1/t14-,15-,16-,18+,19-,20-,21+,23?/m0/s1. The molecule has 0 saturated heterocycles. The third kappa shape index (κ3) is 6.67. The van der Waals surface area contributed by atoms with Gasteiger partial charge in [-0.2, -0.15) is 0 Å². The van der Waals surface area contributed by atoms with Crippen molar-refractivity contribution >= 4 is 11.9 Å². The maximum Gasteiger partial charge on any atom is 0.308 e. The van der Waals surface area contributed by atoms with E-state index in [2.05, 4.69) is 32.1 Å². The zero-order chi connectivity index (χ0) is 22.4. The van der Waals surface area contributed by atoms with Gasteiger partial charge in [0.25, 0.3) is 0 Å². The zero-order valence-corrected chi connectivity index (χ0v) is 18.6. The second kappa shape index (κ2) is 11.1. The highest BCUT2D eigenvalue weighted by Crippen LogP contribution is 2.45. The number of carboxylic acid groups (broad SMARTS) is 1. The molecule has 1 unspecified atom stereocenters. The number of carboxylic acids is 1. The monoisotopic (exact) mass is 421 g/mol. The van der Waals surface area contributed by atoms with Crippen molar-refractivity contribution < 1.29 is 29.6 Å². The molecule has 30 heavy (non-hydrogen) atoms. The molecule has 170 valence electrons. The van der Waals surface area contributed by atoms with Crippen LogP contribution in [0.1, 0.15) is 66.2 Å². The van der Waals surface area contributed by atoms with Gasteiger partial charge in [0.2, 0.25) is 0 Å². The Labute approximate surface area is 180 Å². The van der Waals surface area contributed by atoms with Crippen LogP contribution in [0.4, 0.5) is 0 Å². The number of hydrogen-bond donors (Lipinski definition) is 2. The Bertz CT molecular complexity index is 654. The van der Waals surface area contributed by atoms with Crippen LogP contribution in [0.2, 0.25) is 0 Å². The maximum atomic E-state index is 12.5. The van der Waals surface area contributed by atoms with E-state index in [9.17, 15) is 24.9 Å². The Morgan fingerprint density at radius 1 is 1.27 bits per heavy atom. The lowest BCUT2D eigenvalue weighted by Crippen LogP contribution is -2.41. The van der Waals surface area contributed by atoms with Crippen molar-refractivity contribution in [2.24, 2.45) is 29.6 Å². The van der Waals surface area contributed by atoms with E-state index in [4.69, 9.17) is 4.74 Å². The molecule has 0 heterocycles. The number of aliphatic hydroxyl groups is 2.